The molecule has 2 heterocycles. The van der Waals surface area contributed by atoms with Crippen LogP contribution in [0, 0.1) is 0 Å². The Bertz CT molecular complexity index is 1310. The minimum absolute atomic E-state index is 0.252. The molecular formula is C21H23N5O2S2. The molecule has 0 aliphatic carbocycles. The summed E-state index contributed by atoms with van der Waals surface area (Å²) >= 11 is 1.61. The van der Waals surface area contributed by atoms with Crippen molar-refractivity contribution in [2.24, 2.45) is 0 Å². The van der Waals surface area contributed by atoms with Crippen LogP contribution in [0.15, 0.2) is 58.7 Å². The largest absolute Gasteiger partial charge is 0.327 e. The Morgan fingerprint density at radius 1 is 1.07 bits per heavy atom. The average Bonchev–Trinajstić information content (AvgIpc) is 3.09. The van der Waals surface area contributed by atoms with Crippen LogP contribution in [0.25, 0.3) is 21.9 Å². The van der Waals surface area contributed by atoms with Gasteiger partial charge < -0.3 is 4.57 Å². The summed E-state index contributed by atoms with van der Waals surface area (Å²) in [5.74, 6) is 1.53. The van der Waals surface area contributed by atoms with E-state index in [0.717, 1.165) is 40.2 Å². The molecule has 0 saturated carbocycles. The maximum Gasteiger partial charge on any atom is 0.242 e. The molecule has 0 aliphatic rings. The molecule has 7 nitrogen and oxygen atoms in total. The second-order valence-electron chi connectivity index (χ2n) is 7.10. The molecule has 0 spiro atoms. The van der Waals surface area contributed by atoms with Gasteiger partial charge in [-0.2, -0.15) is 0 Å². The molecule has 0 atom stereocenters. The van der Waals surface area contributed by atoms with Crippen molar-refractivity contribution in [2.45, 2.75) is 35.6 Å². The number of fused-ring (bicyclic) bond motifs is 2. The van der Waals surface area contributed by atoms with E-state index in [1.807, 2.05) is 30.3 Å². The first kappa shape index (κ1) is 20.8. The van der Waals surface area contributed by atoms with Crippen LogP contribution in [0.5, 0.6) is 0 Å². The van der Waals surface area contributed by atoms with Gasteiger partial charge >= 0.3 is 0 Å². The minimum atomic E-state index is -3.50. The highest BCUT2D eigenvalue weighted by atomic mass is 32.2. The predicted molar refractivity (Wildman–Crippen MR) is 120 cm³/mol. The summed E-state index contributed by atoms with van der Waals surface area (Å²) in [5.41, 5.74) is 2.54. The molecule has 0 aliphatic heterocycles. The molecule has 0 saturated heterocycles. The number of benzene rings is 2. The average molecular weight is 442 g/mol. The van der Waals surface area contributed by atoms with E-state index < -0.39 is 10.0 Å². The van der Waals surface area contributed by atoms with Crippen molar-refractivity contribution in [3.63, 3.8) is 0 Å². The van der Waals surface area contributed by atoms with Crippen LogP contribution < -0.4 is 0 Å². The molecule has 0 radical (unpaired) electrons. The molecule has 2 aromatic carbocycles. The summed E-state index contributed by atoms with van der Waals surface area (Å²) < 4.78 is 28.4. The first-order valence-corrected chi connectivity index (χ1v) is 12.1. The standard InChI is InChI=1S/C21H23N5O2S2/c1-4-11-26-19-10-9-15(30(27,28)25(2)3)12-18(19)24-20(26)13-29-21-16-7-5-6-8-17(16)22-14-23-21/h5-10,12,14H,4,11,13H2,1-3H3. The molecule has 0 fully saturated rings. The van der Waals surface area contributed by atoms with E-state index in [4.69, 9.17) is 4.98 Å². The zero-order chi connectivity index (χ0) is 21.3. The quantitative estimate of drug-likeness (QED) is 0.319. The minimum Gasteiger partial charge on any atom is -0.327 e. The van der Waals surface area contributed by atoms with Crippen LogP contribution in [-0.2, 0) is 22.3 Å². The fourth-order valence-corrected chi connectivity index (χ4v) is 5.20. The number of rotatable bonds is 7. The number of hydrogen-bond donors (Lipinski definition) is 0. The third kappa shape index (κ3) is 3.80. The summed E-state index contributed by atoms with van der Waals surface area (Å²) in [6, 6.07) is 13.1. The number of aryl methyl sites for hydroxylation is 1. The van der Waals surface area contributed by atoms with Gasteiger partial charge in [-0.3, -0.25) is 0 Å². The van der Waals surface area contributed by atoms with Crippen molar-refractivity contribution in [3.8, 4) is 0 Å². The summed E-state index contributed by atoms with van der Waals surface area (Å²) in [6.07, 6.45) is 2.54. The van der Waals surface area contributed by atoms with Gasteiger partial charge in [0.2, 0.25) is 10.0 Å². The lowest BCUT2D eigenvalue weighted by Gasteiger charge is -2.11. The van der Waals surface area contributed by atoms with E-state index in [1.54, 1.807) is 30.2 Å². The van der Waals surface area contributed by atoms with E-state index in [1.165, 1.54) is 18.4 Å². The third-order valence-corrected chi connectivity index (χ3v) is 7.68. The maximum atomic E-state index is 12.5. The topological polar surface area (TPSA) is 81.0 Å². The summed E-state index contributed by atoms with van der Waals surface area (Å²) in [7, 11) is -0.440. The predicted octanol–water partition coefficient (Wildman–Crippen LogP) is 3.93. The Balaban J connectivity index is 1.71. The highest BCUT2D eigenvalue weighted by molar-refractivity contribution is 7.98. The molecule has 0 amide bonds. The van der Waals surface area contributed by atoms with Crippen molar-refractivity contribution >= 4 is 43.7 Å². The number of sulfonamides is 1. The Labute approximate surface area is 180 Å². The van der Waals surface area contributed by atoms with Crippen LogP contribution in [-0.4, -0.2) is 46.3 Å². The monoisotopic (exact) mass is 441 g/mol. The van der Waals surface area contributed by atoms with Gasteiger partial charge in [0, 0.05) is 26.0 Å². The second-order valence-corrected chi connectivity index (χ2v) is 10.2. The summed E-state index contributed by atoms with van der Waals surface area (Å²) in [4.78, 5) is 13.8. The number of nitrogens with zero attached hydrogens (tertiary/aromatic N) is 5. The van der Waals surface area contributed by atoms with Gasteiger partial charge in [-0.05, 0) is 30.7 Å². The van der Waals surface area contributed by atoms with Crippen molar-refractivity contribution in [1.29, 1.82) is 0 Å². The SMILES string of the molecule is CCCn1c(CSc2ncnc3ccccc23)nc2cc(S(=O)(=O)N(C)C)ccc21. The van der Waals surface area contributed by atoms with Crippen molar-refractivity contribution in [1.82, 2.24) is 23.8 Å². The Morgan fingerprint density at radius 3 is 2.63 bits per heavy atom. The molecule has 30 heavy (non-hydrogen) atoms. The van der Waals surface area contributed by atoms with Gasteiger partial charge in [-0.25, -0.2) is 27.7 Å². The first-order valence-electron chi connectivity index (χ1n) is 9.66. The normalized spacial score (nSPS) is 12.3. The smallest absolute Gasteiger partial charge is 0.242 e. The maximum absolute atomic E-state index is 12.5. The van der Waals surface area contributed by atoms with Crippen molar-refractivity contribution in [3.05, 3.63) is 54.6 Å². The molecule has 0 N–H and O–H groups in total. The van der Waals surface area contributed by atoms with Gasteiger partial charge in [0.05, 0.1) is 27.2 Å². The van der Waals surface area contributed by atoms with Crippen molar-refractivity contribution in [2.75, 3.05) is 14.1 Å². The van der Waals surface area contributed by atoms with Crippen LogP contribution in [0.4, 0.5) is 0 Å². The number of imidazole rings is 1. The van der Waals surface area contributed by atoms with Crippen LogP contribution in [0.1, 0.15) is 19.2 Å². The van der Waals surface area contributed by atoms with E-state index in [-0.39, 0.29) is 4.90 Å². The molecule has 4 rings (SSSR count). The lowest BCUT2D eigenvalue weighted by Crippen LogP contribution is -2.22. The van der Waals surface area contributed by atoms with E-state index in [0.29, 0.717) is 11.3 Å². The summed E-state index contributed by atoms with van der Waals surface area (Å²) in [6.45, 7) is 2.93. The first-order chi connectivity index (χ1) is 14.4. The van der Waals surface area contributed by atoms with E-state index in [9.17, 15) is 8.42 Å². The van der Waals surface area contributed by atoms with Gasteiger partial charge in [0.25, 0.3) is 0 Å². The Hall–Kier alpha value is -2.49. The lowest BCUT2D eigenvalue weighted by molar-refractivity contribution is 0.521. The fourth-order valence-electron chi connectivity index (χ4n) is 3.34. The fraction of sp³-hybridized carbons (Fsp3) is 0.286. The molecule has 0 bridgehead atoms. The Kier molecular flexibility index (Phi) is 5.77. The highest BCUT2D eigenvalue weighted by Crippen LogP contribution is 2.29. The number of thioether (sulfide) groups is 1. The van der Waals surface area contributed by atoms with Crippen LogP contribution >= 0.6 is 11.8 Å². The zero-order valence-corrected chi connectivity index (χ0v) is 18.7. The molecule has 4 aromatic rings. The number of hydrogen-bond acceptors (Lipinski definition) is 6. The van der Waals surface area contributed by atoms with Gasteiger partial charge in [0.1, 0.15) is 17.2 Å². The highest BCUT2D eigenvalue weighted by Gasteiger charge is 2.20. The van der Waals surface area contributed by atoms with E-state index in [2.05, 4.69) is 21.5 Å². The van der Waals surface area contributed by atoms with Gasteiger partial charge in [-0.1, -0.05) is 36.9 Å². The second kappa shape index (κ2) is 8.33. The van der Waals surface area contributed by atoms with Gasteiger partial charge in [0.15, 0.2) is 0 Å². The zero-order valence-electron chi connectivity index (χ0n) is 17.1. The molecular weight excluding hydrogens is 418 g/mol. The lowest BCUT2D eigenvalue weighted by atomic mass is 10.2. The molecule has 2 aromatic heterocycles. The van der Waals surface area contributed by atoms with E-state index >= 15 is 0 Å². The van der Waals surface area contributed by atoms with Crippen LogP contribution in [0.3, 0.4) is 0 Å². The summed E-state index contributed by atoms with van der Waals surface area (Å²) in [5, 5.41) is 1.93. The van der Waals surface area contributed by atoms with Crippen molar-refractivity contribution < 1.29 is 8.42 Å². The molecule has 156 valence electrons. The molecule has 0 unspecified atom stereocenters. The third-order valence-electron chi connectivity index (χ3n) is 4.87. The Morgan fingerprint density at radius 2 is 1.87 bits per heavy atom. The van der Waals surface area contributed by atoms with Gasteiger partial charge in [-0.15, -0.1) is 0 Å². The number of para-hydroxylation sites is 1. The molecule has 9 heteroatoms. The number of aromatic nitrogens is 4. The van der Waals surface area contributed by atoms with Crippen LogP contribution in [0.2, 0.25) is 0 Å².